The molecule has 0 radical (unpaired) electrons. The van der Waals surface area contributed by atoms with Crippen molar-refractivity contribution >= 4 is 17.5 Å². The van der Waals surface area contributed by atoms with Crippen molar-refractivity contribution in [2.75, 3.05) is 11.9 Å². The molecular formula is C22H26N2O2. The summed E-state index contributed by atoms with van der Waals surface area (Å²) in [7, 11) is 0. The maximum Gasteiger partial charge on any atom is 0.250 e. The lowest BCUT2D eigenvalue weighted by atomic mass is 9.84. The van der Waals surface area contributed by atoms with Crippen LogP contribution in [0.15, 0.2) is 54.6 Å². The van der Waals surface area contributed by atoms with E-state index in [9.17, 15) is 9.59 Å². The second-order valence-electron chi connectivity index (χ2n) is 7.46. The van der Waals surface area contributed by atoms with Gasteiger partial charge in [0, 0.05) is 12.2 Å². The topological polar surface area (TPSA) is 49.4 Å². The van der Waals surface area contributed by atoms with Gasteiger partial charge in [-0.2, -0.15) is 0 Å². The summed E-state index contributed by atoms with van der Waals surface area (Å²) in [4.78, 5) is 27.1. The molecule has 1 unspecified atom stereocenters. The summed E-state index contributed by atoms with van der Waals surface area (Å²) in [6.07, 6.45) is 1.01. The molecule has 1 aliphatic rings. The Balaban J connectivity index is 1.65. The van der Waals surface area contributed by atoms with Gasteiger partial charge in [0.05, 0.1) is 6.42 Å². The number of rotatable bonds is 5. The van der Waals surface area contributed by atoms with Gasteiger partial charge in [0.25, 0.3) is 0 Å². The van der Waals surface area contributed by atoms with Crippen molar-refractivity contribution in [3.05, 3.63) is 65.7 Å². The van der Waals surface area contributed by atoms with E-state index >= 15 is 0 Å². The number of hydrogen-bond acceptors (Lipinski definition) is 2. The van der Waals surface area contributed by atoms with Crippen molar-refractivity contribution in [3.63, 3.8) is 0 Å². The molecule has 0 saturated carbocycles. The van der Waals surface area contributed by atoms with Gasteiger partial charge in [-0.25, -0.2) is 0 Å². The Morgan fingerprint density at radius 3 is 2.27 bits per heavy atom. The van der Waals surface area contributed by atoms with Crippen LogP contribution in [0.1, 0.15) is 44.2 Å². The van der Waals surface area contributed by atoms with E-state index in [0.717, 1.165) is 11.3 Å². The second kappa shape index (κ2) is 7.32. The number of nitrogens with one attached hydrogen (secondary N) is 1. The summed E-state index contributed by atoms with van der Waals surface area (Å²) in [5.41, 5.74) is 2.22. The van der Waals surface area contributed by atoms with E-state index in [1.54, 1.807) is 4.90 Å². The minimum Gasteiger partial charge on any atom is -0.328 e. The van der Waals surface area contributed by atoms with Gasteiger partial charge in [0.1, 0.15) is 5.54 Å². The van der Waals surface area contributed by atoms with E-state index in [0.29, 0.717) is 25.3 Å². The van der Waals surface area contributed by atoms with E-state index in [1.807, 2.05) is 49.4 Å². The molecule has 0 aliphatic carbocycles. The second-order valence-corrected chi connectivity index (χ2v) is 7.46. The van der Waals surface area contributed by atoms with Crippen LogP contribution in [0.4, 0.5) is 5.69 Å². The number of anilines is 1. The van der Waals surface area contributed by atoms with E-state index < -0.39 is 5.54 Å². The Bertz CT molecular complexity index is 784. The Morgan fingerprint density at radius 2 is 1.73 bits per heavy atom. The molecular weight excluding hydrogens is 324 g/mol. The largest absolute Gasteiger partial charge is 0.328 e. The maximum absolute atomic E-state index is 12.7. The number of benzene rings is 2. The number of likely N-dealkylation sites (tertiary alicyclic amines) is 1. The fourth-order valence-electron chi connectivity index (χ4n) is 3.27. The minimum absolute atomic E-state index is 0.000686. The third kappa shape index (κ3) is 3.64. The first-order valence-corrected chi connectivity index (χ1v) is 9.16. The standard InChI is InChI=1S/C22H26N2O2/c1-16(2)18-11-9-17(10-12-18)15-20(25)24-14-13-22(24,3)21(26)23-19-7-5-4-6-8-19/h4-12,16H,13-15H2,1-3H3,(H,23,26). The number of carbonyl (C=O) groups excluding carboxylic acids is 2. The van der Waals surface area contributed by atoms with Gasteiger partial charge < -0.3 is 10.2 Å². The molecule has 4 heteroatoms. The lowest BCUT2D eigenvalue weighted by molar-refractivity contribution is -0.154. The third-order valence-corrected chi connectivity index (χ3v) is 5.24. The quantitative estimate of drug-likeness (QED) is 0.887. The molecule has 1 aliphatic heterocycles. The summed E-state index contributed by atoms with van der Waals surface area (Å²) in [5, 5.41) is 2.92. The predicted molar refractivity (Wildman–Crippen MR) is 104 cm³/mol. The average Bonchev–Trinajstić information content (AvgIpc) is 2.61. The zero-order valence-electron chi connectivity index (χ0n) is 15.7. The molecule has 26 heavy (non-hydrogen) atoms. The van der Waals surface area contributed by atoms with Crippen molar-refractivity contribution in [2.24, 2.45) is 0 Å². The zero-order valence-corrected chi connectivity index (χ0v) is 15.7. The Labute approximate surface area is 155 Å². The average molecular weight is 350 g/mol. The fourth-order valence-corrected chi connectivity index (χ4v) is 3.27. The Hall–Kier alpha value is -2.62. The Morgan fingerprint density at radius 1 is 1.08 bits per heavy atom. The molecule has 3 rings (SSSR count). The van der Waals surface area contributed by atoms with Crippen LogP contribution in [0.25, 0.3) is 0 Å². The summed E-state index contributed by atoms with van der Waals surface area (Å²) in [6, 6.07) is 17.5. The molecule has 1 atom stereocenters. The van der Waals surface area contributed by atoms with Crippen LogP contribution in [-0.2, 0) is 16.0 Å². The van der Waals surface area contributed by atoms with Crippen molar-refractivity contribution in [1.82, 2.24) is 4.90 Å². The summed E-state index contributed by atoms with van der Waals surface area (Å²) < 4.78 is 0. The first-order valence-electron chi connectivity index (χ1n) is 9.16. The molecule has 1 fully saturated rings. The SMILES string of the molecule is CC(C)c1ccc(CC(=O)N2CCC2(C)C(=O)Nc2ccccc2)cc1. The van der Waals surface area contributed by atoms with Gasteiger partial charge in [0.2, 0.25) is 11.8 Å². The van der Waals surface area contributed by atoms with Crippen molar-refractivity contribution in [1.29, 1.82) is 0 Å². The molecule has 1 heterocycles. The van der Waals surface area contributed by atoms with Crippen LogP contribution < -0.4 is 5.32 Å². The molecule has 0 aromatic heterocycles. The number of hydrogen-bond donors (Lipinski definition) is 1. The summed E-state index contributed by atoms with van der Waals surface area (Å²) >= 11 is 0. The van der Waals surface area contributed by atoms with Crippen LogP contribution in [0.5, 0.6) is 0 Å². The number of nitrogens with zero attached hydrogens (tertiary/aromatic N) is 1. The third-order valence-electron chi connectivity index (χ3n) is 5.24. The molecule has 0 spiro atoms. The highest BCUT2D eigenvalue weighted by Gasteiger charge is 2.49. The summed E-state index contributed by atoms with van der Waals surface area (Å²) in [5.74, 6) is 0.345. The van der Waals surface area contributed by atoms with Gasteiger partial charge in [-0.15, -0.1) is 0 Å². The lowest BCUT2D eigenvalue weighted by Gasteiger charge is -2.49. The van der Waals surface area contributed by atoms with E-state index in [4.69, 9.17) is 0 Å². The van der Waals surface area contributed by atoms with Crippen LogP contribution >= 0.6 is 0 Å². The van der Waals surface area contributed by atoms with Gasteiger partial charge in [-0.3, -0.25) is 9.59 Å². The van der Waals surface area contributed by atoms with Crippen LogP contribution in [0.2, 0.25) is 0 Å². The van der Waals surface area contributed by atoms with E-state index in [2.05, 4.69) is 31.3 Å². The highest BCUT2D eigenvalue weighted by Crippen LogP contribution is 2.32. The summed E-state index contributed by atoms with van der Waals surface area (Å²) in [6.45, 7) is 6.77. The van der Waals surface area contributed by atoms with Gasteiger partial charge >= 0.3 is 0 Å². The molecule has 2 aromatic carbocycles. The maximum atomic E-state index is 12.7. The Kier molecular flexibility index (Phi) is 5.12. The zero-order chi connectivity index (χ0) is 18.7. The van der Waals surface area contributed by atoms with Crippen LogP contribution in [0.3, 0.4) is 0 Å². The van der Waals surface area contributed by atoms with Crippen molar-refractivity contribution < 1.29 is 9.59 Å². The highest BCUT2D eigenvalue weighted by molar-refractivity contribution is 6.01. The number of para-hydroxylation sites is 1. The number of carbonyl (C=O) groups is 2. The smallest absolute Gasteiger partial charge is 0.250 e. The lowest BCUT2D eigenvalue weighted by Crippen LogP contribution is -2.66. The van der Waals surface area contributed by atoms with Crippen molar-refractivity contribution in [3.8, 4) is 0 Å². The normalized spacial score (nSPS) is 19.2. The molecule has 2 amide bonds. The molecule has 0 bridgehead atoms. The first-order chi connectivity index (χ1) is 12.4. The van der Waals surface area contributed by atoms with Crippen LogP contribution in [-0.4, -0.2) is 28.8 Å². The predicted octanol–water partition coefficient (Wildman–Crippen LogP) is 3.98. The van der Waals surface area contributed by atoms with Gasteiger partial charge in [-0.1, -0.05) is 56.3 Å². The number of amides is 2. The molecule has 1 saturated heterocycles. The minimum atomic E-state index is -0.773. The van der Waals surface area contributed by atoms with Gasteiger partial charge in [-0.05, 0) is 42.5 Å². The van der Waals surface area contributed by atoms with E-state index in [1.165, 1.54) is 5.56 Å². The van der Waals surface area contributed by atoms with Crippen LogP contribution in [0, 0.1) is 0 Å². The van der Waals surface area contributed by atoms with Crippen molar-refractivity contribution in [2.45, 2.75) is 45.1 Å². The molecule has 2 aromatic rings. The first kappa shape index (κ1) is 18.2. The molecule has 136 valence electrons. The van der Waals surface area contributed by atoms with Gasteiger partial charge in [0.15, 0.2) is 0 Å². The molecule has 1 N–H and O–H groups in total. The monoisotopic (exact) mass is 350 g/mol. The fraction of sp³-hybridized carbons (Fsp3) is 0.364. The molecule has 4 nitrogen and oxygen atoms in total. The highest BCUT2D eigenvalue weighted by atomic mass is 16.2. The van der Waals surface area contributed by atoms with E-state index in [-0.39, 0.29) is 11.8 Å².